The lowest BCUT2D eigenvalue weighted by atomic mass is 10.1. The van der Waals surface area contributed by atoms with E-state index in [9.17, 15) is 9.59 Å². The van der Waals surface area contributed by atoms with Gasteiger partial charge >= 0.3 is 0 Å². The number of anilines is 1. The maximum atomic E-state index is 12.5. The molecule has 3 aromatic heterocycles. The van der Waals surface area contributed by atoms with Crippen molar-refractivity contribution in [3.05, 3.63) is 46.4 Å². The molecule has 1 unspecified atom stereocenters. The molecule has 0 aromatic carbocycles. The van der Waals surface area contributed by atoms with Gasteiger partial charge in [0.1, 0.15) is 0 Å². The molecule has 1 aliphatic heterocycles. The number of carbonyl (C=O) groups excluding carboxylic acids is 1. The predicted molar refractivity (Wildman–Crippen MR) is 97.7 cm³/mol. The Labute approximate surface area is 154 Å². The molecule has 1 fully saturated rings. The van der Waals surface area contributed by atoms with Crippen LogP contribution in [0.15, 0.2) is 29.3 Å². The minimum absolute atomic E-state index is 0.133. The van der Waals surface area contributed by atoms with E-state index >= 15 is 0 Å². The molecule has 3 aromatic rings. The summed E-state index contributed by atoms with van der Waals surface area (Å²) >= 11 is 0. The summed E-state index contributed by atoms with van der Waals surface area (Å²) in [5, 5.41) is 14.9. The second-order valence-corrected chi connectivity index (χ2v) is 6.75. The van der Waals surface area contributed by atoms with E-state index in [1.54, 1.807) is 36.0 Å². The van der Waals surface area contributed by atoms with Gasteiger partial charge in [-0.05, 0) is 25.3 Å². The normalized spacial score (nSPS) is 16.8. The molecule has 0 bridgehead atoms. The van der Waals surface area contributed by atoms with Gasteiger partial charge in [0.25, 0.3) is 17.2 Å². The quantitative estimate of drug-likeness (QED) is 0.678. The highest BCUT2D eigenvalue weighted by molar-refractivity contribution is 5.91. The first kappa shape index (κ1) is 17.1. The van der Waals surface area contributed by atoms with Crippen LogP contribution in [0.1, 0.15) is 22.7 Å². The largest absolute Gasteiger partial charge is 0.370 e. The summed E-state index contributed by atoms with van der Waals surface area (Å²) in [4.78, 5) is 30.6. The highest BCUT2D eigenvalue weighted by Gasteiger charge is 2.24. The van der Waals surface area contributed by atoms with Crippen LogP contribution in [-0.2, 0) is 7.05 Å². The fourth-order valence-electron chi connectivity index (χ4n) is 3.21. The second kappa shape index (κ2) is 6.78. The Balaban J connectivity index is 1.38. The van der Waals surface area contributed by atoms with Gasteiger partial charge in [-0.25, -0.2) is 9.67 Å². The molecule has 0 aliphatic carbocycles. The van der Waals surface area contributed by atoms with Crippen LogP contribution < -0.4 is 15.8 Å². The fraction of sp³-hybridized carbons (Fsp3) is 0.412. The zero-order valence-corrected chi connectivity index (χ0v) is 15.2. The number of hydrogen-bond donors (Lipinski definition) is 1. The minimum atomic E-state index is -0.276. The third-order valence-electron chi connectivity index (χ3n) is 4.78. The predicted octanol–water partition coefficient (Wildman–Crippen LogP) is -0.217. The number of nitrogens with one attached hydrogen (secondary N) is 1. The van der Waals surface area contributed by atoms with Crippen molar-refractivity contribution < 1.29 is 4.79 Å². The van der Waals surface area contributed by atoms with E-state index in [1.807, 2.05) is 6.92 Å². The Morgan fingerprint density at radius 1 is 1.37 bits per heavy atom. The SMILES string of the molecule is Cc1ccn2c(C(=O)NCC3CCN(c4cnn(C)c(=O)c4)C3)nnc2n1. The summed E-state index contributed by atoms with van der Waals surface area (Å²) in [7, 11) is 1.62. The monoisotopic (exact) mass is 368 g/mol. The molecular weight excluding hydrogens is 348 g/mol. The Kier molecular flexibility index (Phi) is 4.30. The Morgan fingerprint density at radius 3 is 3.04 bits per heavy atom. The van der Waals surface area contributed by atoms with E-state index in [2.05, 4.69) is 30.5 Å². The first-order valence-electron chi connectivity index (χ1n) is 8.76. The molecule has 1 atom stereocenters. The van der Waals surface area contributed by atoms with Crippen molar-refractivity contribution >= 4 is 17.4 Å². The third-order valence-corrected chi connectivity index (χ3v) is 4.78. The second-order valence-electron chi connectivity index (χ2n) is 6.75. The summed E-state index contributed by atoms with van der Waals surface area (Å²) in [6.45, 7) is 3.98. The zero-order chi connectivity index (χ0) is 19.0. The molecule has 10 nitrogen and oxygen atoms in total. The molecule has 0 spiro atoms. The number of carbonyl (C=O) groups is 1. The lowest BCUT2D eigenvalue weighted by Crippen LogP contribution is -2.32. The van der Waals surface area contributed by atoms with Crippen molar-refractivity contribution in [1.82, 2.24) is 34.7 Å². The summed E-state index contributed by atoms with van der Waals surface area (Å²) in [5.74, 6) is 0.646. The fourth-order valence-corrected chi connectivity index (χ4v) is 3.21. The maximum absolute atomic E-state index is 12.5. The summed E-state index contributed by atoms with van der Waals surface area (Å²) in [6.07, 6.45) is 4.36. The summed E-state index contributed by atoms with van der Waals surface area (Å²) in [5.41, 5.74) is 1.50. The van der Waals surface area contributed by atoms with Gasteiger partial charge < -0.3 is 10.2 Å². The van der Waals surface area contributed by atoms with Crippen LogP contribution in [0.25, 0.3) is 5.78 Å². The molecule has 27 heavy (non-hydrogen) atoms. The van der Waals surface area contributed by atoms with Gasteiger partial charge in [-0.3, -0.25) is 14.0 Å². The van der Waals surface area contributed by atoms with Crippen LogP contribution in [0.5, 0.6) is 0 Å². The van der Waals surface area contributed by atoms with Crippen molar-refractivity contribution in [1.29, 1.82) is 0 Å². The standard InChI is InChI=1S/C17H20N8O2/c1-11-3-6-25-15(21-22-17(25)20-11)16(27)18-8-12-4-5-24(10-12)13-7-14(26)23(2)19-9-13/h3,6-7,9,12H,4-5,8,10H2,1-2H3,(H,18,27). The highest BCUT2D eigenvalue weighted by Crippen LogP contribution is 2.21. The van der Waals surface area contributed by atoms with Gasteiger partial charge in [0.2, 0.25) is 5.82 Å². The van der Waals surface area contributed by atoms with Crippen LogP contribution in [0.3, 0.4) is 0 Å². The topological polar surface area (TPSA) is 110 Å². The lowest BCUT2D eigenvalue weighted by Gasteiger charge is -2.18. The zero-order valence-electron chi connectivity index (χ0n) is 15.2. The highest BCUT2D eigenvalue weighted by atomic mass is 16.2. The number of nitrogens with zero attached hydrogens (tertiary/aromatic N) is 7. The average molecular weight is 368 g/mol. The number of aromatic nitrogens is 6. The Morgan fingerprint density at radius 2 is 2.22 bits per heavy atom. The van der Waals surface area contributed by atoms with Crippen LogP contribution >= 0.6 is 0 Å². The van der Waals surface area contributed by atoms with E-state index in [0.717, 1.165) is 30.9 Å². The number of aryl methyl sites for hydroxylation is 2. The van der Waals surface area contributed by atoms with Gasteiger partial charge in [0.15, 0.2) is 0 Å². The van der Waals surface area contributed by atoms with Crippen molar-refractivity contribution in [2.45, 2.75) is 13.3 Å². The number of fused-ring (bicyclic) bond motifs is 1. The van der Waals surface area contributed by atoms with Gasteiger partial charge in [-0.2, -0.15) is 5.10 Å². The van der Waals surface area contributed by atoms with Crippen LogP contribution in [-0.4, -0.2) is 54.9 Å². The van der Waals surface area contributed by atoms with Gasteiger partial charge in [0, 0.05) is 44.6 Å². The van der Waals surface area contributed by atoms with Crippen molar-refractivity contribution in [2.24, 2.45) is 13.0 Å². The van der Waals surface area contributed by atoms with Crippen LogP contribution in [0.2, 0.25) is 0 Å². The molecule has 0 radical (unpaired) electrons. The molecule has 4 heterocycles. The van der Waals surface area contributed by atoms with E-state index in [1.165, 1.54) is 4.68 Å². The van der Waals surface area contributed by atoms with Gasteiger partial charge in [-0.15, -0.1) is 10.2 Å². The van der Waals surface area contributed by atoms with Crippen LogP contribution in [0, 0.1) is 12.8 Å². The first-order chi connectivity index (χ1) is 13.0. The molecule has 4 rings (SSSR count). The molecule has 10 heteroatoms. The minimum Gasteiger partial charge on any atom is -0.370 e. The van der Waals surface area contributed by atoms with Gasteiger partial charge in [0.05, 0.1) is 11.9 Å². The molecule has 0 saturated carbocycles. The van der Waals surface area contributed by atoms with E-state index in [0.29, 0.717) is 12.3 Å². The Hall–Kier alpha value is -3.30. The van der Waals surface area contributed by atoms with E-state index in [-0.39, 0.29) is 23.2 Å². The summed E-state index contributed by atoms with van der Waals surface area (Å²) in [6, 6.07) is 3.39. The Bertz CT molecular complexity index is 1060. The summed E-state index contributed by atoms with van der Waals surface area (Å²) < 4.78 is 2.88. The number of rotatable bonds is 4. The lowest BCUT2D eigenvalue weighted by molar-refractivity contribution is 0.0936. The first-order valence-corrected chi connectivity index (χ1v) is 8.76. The van der Waals surface area contributed by atoms with Gasteiger partial charge in [-0.1, -0.05) is 0 Å². The van der Waals surface area contributed by atoms with Crippen molar-refractivity contribution in [3.8, 4) is 0 Å². The molecule has 1 aliphatic rings. The molecule has 1 amide bonds. The molecular formula is C17H20N8O2. The van der Waals surface area contributed by atoms with E-state index < -0.39 is 0 Å². The van der Waals surface area contributed by atoms with E-state index in [4.69, 9.17) is 0 Å². The maximum Gasteiger partial charge on any atom is 0.289 e. The average Bonchev–Trinajstić information content (AvgIpc) is 3.28. The third kappa shape index (κ3) is 3.37. The molecule has 140 valence electrons. The molecule has 1 saturated heterocycles. The number of hydrogen-bond acceptors (Lipinski definition) is 7. The van der Waals surface area contributed by atoms with Crippen LogP contribution in [0.4, 0.5) is 5.69 Å². The smallest absolute Gasteiger partial charge is 0.289 e. The molecule has 1 N–H and O–H groups in total. The van der Waals surface area contributed by atoms with Crippen molar-refractivity contribution in [2.75, 3.05) is 24.5 Å². The number of amides is 1. The van der Waals surface area contributed by atoms with Crippen molar-refractivity contribution in [3.63, 3.8) is 0 Å².